The summed E-state index contributed by atoms with van der Waals surface area (Å²) in [5.74, 6) is 2.66. The van der Waals surface area contributed by atoms with Crippen LogP contribution >= 0.6 is 11.3 Å². The zero-order valence-corrected chi connectivity index (χ0v) is 24.7. The Labute approximate surface area is 247 Å². The quantitative estimate of drug-likeness (QED) is 0.172. The third kappa shape index (κ3) is 5.10. The monoisotopic (exact) mass is 701 g/mol. The summed E-state index contributed by atoms with van der Waals surface area (Å²) in [5, 5.41) is 2.77. The molecule has 0 amide bonds. The first kappa shape index (κ1) is 26.1. The molecule has 3 heterocycles. The maximum absolute atomic E-state index is 4.58. The number of benzene rings is 3. The number of pyridine rings is 2. The van der Waals surface area contributed by atoms with Crippen molar-refractivity contribution in [3.05, 3.63) is 121 Å². The molecule has 8 rings (SSSR count). The van der Waals surface area contributed by atoms with E-state index in [2.05, 4.69) is 64.6 Å². The summed E-state index contributed by atoms with van der Waals surface area (Å²) in [6.45, 7) is 0. The second-order valence-corrected chi connectivity index (χ2v) is 11.4. The van der Waals surface area contributed by atoms with Gasteiger partial charge in [0, 0.05) is 37.2 Å². The SMILES string of the molecule is [Ir].[c-]1ccc2c(sc3c(C4CC5CCC4C5)cccc32)c1-c1ccccn1.[c-]1ccccc1-c1ccccn1. The third-order valence-corrected chi connectivity index (χ3v) is 9.49. The molecule has 2 saturated carbocycles. The van der Waals surface area contributed by atoms with Gasteiger partial charge < -0.3 is 9.97 Å². The molecule has 3 unspecified atom stereocenters. The van der Waals surface area contributed by atoms with Crippen molar-refractivity contribution in [1.29, 1.82) is 0 Å². The number of hydrogen-bond donors (Lipinski definition) is 0. The molecule has 39 heavy (non-hydrogen) atoms. The van der Waals surface area contributed by atoms with E-state index in [1.807, 2.05) is 66.1 Å². The molecule has 1 radical (unpaired) electrons. The predicted octanol–water partition coefficient (Wildman–Crippen LogP) is 9.37. The zero-order valence-electron chi connectivity index (χ0n) is 21.5. The van der Waals surface area contributed by atoms with Crippen LogP contribution in [0.5, 0.6) is 0 Å². The molecule has 4 heteroatoms. The van der Waals surface area contributed by atoms with Crippen LogP contribution in [0.2, 0.25) is 0 Å². The average Bonchev–Trinajstić information content (AvgIpc) is 3.73. The first-order chi connectivity index (χ1) is 18.8. The van der Waals surface area contributed by atoms with E-state index in [-0.39, 0.29) is 20.1 Å². The molecular formula is C35H28IrN2S-2. The van der Waals surface area contributed by atoms with Crippen LogP contribution in [0.4, 0.5) is 0 Å². The van der Waals surface area contributed by atoms with Crippen LogP contribution in [-0.2, 0) is 20.1 Å². The van der Waals surface area contributed by atoms with Crippen molar-refractivity contribution in [2.24, 2.45) is 11.8 Å². The number of thiophene rings is 1. The number of fused-ring (bicyclic) bond motifs is 5. The van der Waals surface area contributed by atoms with E-state index in [4.69, 9.17) is 0 Å². The molecule has 0 spiro atoms. The van der Waals surface area contributed by atoms with Crippen molar-refractivity contribution in [2.45, 2.75) is 31.6 Å². The zero-order chi connectivity index (χ0) is 25.3. The molecule has 0 saturated heterocycles. The van der Waals surface area contributed by atoms with Crippen LogP contribution in [0.3, 0.4) is 0 Å². The van der Waals surface area contributed by atoms with Crippen LogP contribution in [0.25, 0.3) is 42.7 Å². The van der Waals surface area contributed by atoms with Gasteiger partial charge in [-0.15, -0.1) is 59.7 Å². The maximum atomic E-state index is 4.58. The number of hydrogen-bond acceptors (Lipinski definition) is 3. The molecule has 6 aromatic rings. The van der Waals surface area contributed by atoms with Crippen LogP contribution in [-0.4, -0.2) is 9.97 Å². The fourth-order valence-corrected chi connectivity index (χ4v) is 7.86. The van der Waals surface area contributed by atoms with Gasteiger partial charge in [0.15, 0.2) is 0 Å². The van der Waals surface area contributed by atoms with Gasteiger partial charge in [0.05, 0.1) is 0 Å². The standard InChI is InChI=1S/C24H20NS.C11H8N.Ir/c1-2-12-25-22(9-1)20-8-4-6-18-17-5-3-7-19(23(17)26-24(18)20)21-14-15-10-11-16(21)13-15;1-2-6-10(7-3-1)11-8-4-5-9-12-11;/h1-7,9,12,15-16,21H,10-11,13-14H2;1-6,8-9H;/q2*-1;. The van der Waals surface area contributed by atoms with E-state index in [0.29, 0.717) is 0 Å². The van der Waals surface area contributed by atoms with E-state index in [9.17, 15) is 0 Å². The molecular weight excluding hydrogens is 673 g/mol. The summed E-state index contributed by atoms with van der Waals surface area (Å²) < 4.78 is 2.83. The summed E-state index contributed by atoms with van der Waals surface area (Å²) in [6.07, 6.45) is 9.41. The summed E-state index contributed by atoms with van der Waals surface area (Å²) >= 11 is 1.95. The Morgan fingerprint density at radius 3 is 2.15 bits per heavy atom. The van der Waals surface area contributed by atoms with E-state index in [0.717, 1.165) is 40.3 Å². The molecule has 2 fully saturated rings. The number of rotatable bonds is 3. The molecule has 3 atom stereocenters. The van der Waals surface area contributed by atoms with Crippen molar-refractivity contribution in [3.8, 4) is 22.5 Å². The van der Waals surface area contributed by atoms with Gasteiger partial charge in [-0.1, -0.05) is 54.3 Å². The normalized spacial score (nSPS) is 19.4. The van der Waals surface area contributed by atoms with E-state index >= 15 is 0 Å². The average molecular weight is 701 g/mol. The molecule has 2 aliphatic rings. The third-order valence-electron chi connectivity index (χ3n) is 8.20. The molecule has 3 aromatic carbocycles. The van der Waals surface area contributed by atoms with Crippen molar-refractivity contribution in [2.75, 3.05) is 0 Å². The van der Waals surface area contributed by atoms with E-state index in [1.165, 1.54) is 45.9 Å². The van der Waals surface area contributed by atoms with E-state index < -0.39 is 0 Å². The smallest absolute Gasteiger partial charge is 0.0274 e. The minimum Gasteiger partial charge on any atom is -0.305 e. The van der Waals surface area contributed by atoms with Gasteiger partial charge in [-0.2, -0.15) is 11.3 Å². The van der Waals surface area contributed by atoms with Crippen molar-refractivity contribution >= 4 is 31.5 Å². The molecule has 2 aliphatic carbocycles. The minimum absolute atomic E-state index is 0. The van der Waals surface area contributed by atoms with Gasteiger partial charge in [-0.25, -0.2) is 0 Å². The Hall–Kier alpha value is -3.17. The fraction of sp³-hybridized carbons (Fsp3) is 0.200. The number of aromatic nitrogens is 2. The predicted molar refractivity (Wildman–Crippen MR) is 158 cm³/mol. The van der Waals surface area contributed by atoms with E-state index in [1.54, 1.807) is 11.8 Å². The Morgan fingerprint density at radius 1 is 0.667 bits per heavy atom. The van der Waals surface area contributed by atoms with Gasteiger partial charge >= 0.3 is 0 Å². The van der Waals surface area contributed by atoms with Crippen molar-refractivity contribution in [3.63, 3.8) is 0 Å². The topological polar surface area (TPSA) is 25.8 Å². The fourth-order valence-electron chi connectivity index (χ4n) is 6.48. The van der Waals surface area contributed by atoms with Crippen molar-refractivity contribution in [1.82, 2.24) is 9.97 Å². The molecule has 2 nitrogen and oxygen atoms in total. The first-order valence-corrected chi connectivity index (χ1v) is 14.3. The second kappa shape index (κ2) is 11.5. The largest absolute Gasteiger partial charge is 0.305 e. The summed E-state index contributed by atoms with van der Waals surface area (Å²) in [7, 11) is 0. The summed E-state index contributed by atoms with van der Waals surface area (Å²) in [6, 6.07) is 37.6. The maximum Gasteiger partial charge on any atom is 0.0274 e. The van der Waals surface area contributed by atoms with Crippen molar-refractivity contribution < 1.29 is 20.1 Å². The molecule has 2 bridgehead atoms. The first-order valence-electron chi connectivity index (χ1n) is 13.5. The van der Waals surface area contributed by atoms with Gasteiger partial charge in [-0.05, 0) is 76.2 Å². The summed E-state index contributed by atoms with van der Waals surface area (Å²) in [5.41, 5.74) is 5.77. The Kier molecular flexibility index (Phi) is 7.70. The van der Waals surface area contributed by atoms with Gasteiger partial charge in [0.2, 0.25) is 0 Å². The summed E-state index contributed by atoms with van der Waals surface area (Å²) in [4.78, 5) is 8.79. The Balaban J connectivity index is 0.000000180. The molecule has 3 aromatic heterocycles. The molecule has 0 aliphatic heterocycles. The van der Waals surface area contributed by atoms with Crippen LogP contribution in [0.15, 0.2) is 103 Å². The van der Waals surface area contributed by atoms with Crippen LogP contribution in [0.1, 0.15) is 37.2 Å². The molecule has 195 valence electrons. The minimum atomic E-state index is 0. The van der Waals surface area contributed by atoms with Gasteiger partial charge in [-0.3, -0.25) is 0 Å². The Bertz CT molecular complexity index is 1640. The number of nitrogens with zero attached hydrogens (tertiary/aromatic N) is 2. The van der Waals surface area contributed by atoms with Crippen LogP contribution < -0.4 is 0 Å². The van der Waals surface area contributed by atoms with Gasteiger partial charge in [0.1, 0.15) is 0 Å². The Morgan fingerprint density at radius 2 is 1.46 bits per heavy atom. The second-order valence-electron chi connectivity index (χ2n) is 10.4. The van der Waals surface area contributed by atoms with Gasteiger partial charge in [0.25, 0.3) is 0 Å². The molecule has 0 N–H and O–H groups in total. The van der Waals surface area contributed by atoms with Crippen LogP contribution in [0, 0.1) is 24.0 Å².